The third kappa shape index (κ3) is 3.56. The summed E-state index contributed by atoms with van der Waals surface area (Å²) < 4.78 is 6.77. The zero-order valence-electron chi connectivity index (χ0n) is 15.1. The van der Waals surface area contributed by atoms with Gasteiger partial charge in [-0.3, -0.25) is 0 Å². The van der Waals surface area contributed by atoms with Crippen LogP contribution in [-0.2, 0) is 24.0 Å². The molecule has 3 rings (SSSR count). The normalized spacial score (nSPS) is 17.9. The number of aryl methyl sites for hydroxylation is 1. The van der Waals surface area contributed by atoms with Crippen LogP contribution in [0, 0.1) is 0 Å². The maximum atomic E-state index is 12.4. The highest BCUT2D eigenvalue weighted by molar-refractivity contribution is 9.10. The van der Waals surface area contributed by atoms with Gasteiger partial charge in [0.1, 0.15) is 5.60 Å². The van der Waals surface area contributed by atoms with E-state index in [0.717, 1.165) is 32.4 Å². The lowest BCUT2D eigenvalue weighted by molar-refractivity contribution is 0.0258. The monoisotopic (exact) mass is 394 g/mol. The predicted octanol–water partition coefficient (Wildman–Crippen LogP) is 4.17. The Balaban J connectivity index is 1.84. The van der Waals surface area contributed by atoms with E-state index in [-0.39, 0.29) is 6.09 Å². The van der Waals surface area contributed by atoms with Crippen LogP contribution >= 0.6 is 15.9 Å². The van der Waals surface area contributed by atoms with Crippen LogP contribution in [0.1, 0.15) is 43.9 Å². The predicted molar refractivity (Wildman–Crippen MR) is 101 cm³/mol. The zero-order chi connectivity index (χ0) is 17.5. The molecule has 0 fully saturated rings. The van der Waals surface area contributed by atoms with Crippen molar-refractivity contribution in [1.29, 1.82) is 0 Å². The van der Waals surface area contributed by atoms with Gasteiger partial charge in [0.15, 0.2) is 0 Å². The highest BCUT2D eigenvalue weighted by Gasteiger charge is 2.27. The first kappa shape index (κ1) is 17.6. The van der Waals surface area contributed by atoms with Crippen LogP contribution in [-0.4, -0.2) is 43.3 Å². The fourth-order valence-corrected chi connectivity index (χ4v) is 4.64. The summed E-state index contributed by atoms with van der Waals surface area (Å²) in [6.07, 6.45) is 3.91. The third-order valence-corrected chi connectivity index (χ3v) is 5.62. The lowest BCUT2D eigenvalue weighted by atomic mass is 9.93. The first-order chi connectivity index (χ1) is 11.3. The molecule has 0 aromatic heterocycles. The topological polar surface area (TPSA) is 32.8 Å². The molecule has 0 N–H and O–H groups in total. The summed E-state index contributed by atoms with van der Waals surface area (Å²) in [4.78, 5) is 16.6. The van der Waals surface area contributed by atoms with Crippen molar-refractivity contribution in [2.24, 2.45) is 0 Å². The number of anilines is 1. The second-order valence-electron chi connectivity index (χ2n) is 7.83. The Bertz CT molecular complexity index is 652. The number of halogens is 1. The van der Waals surface area contributed by atoms with E-state index in [9.17, 15) is 4.79 Å². The van der Waals surface area contributed by atoms with Crippen molar-refractivity contribution in [3.63, 3.8) is 0 Å². The summed E-state index contributed by atoms with van der Waals surface area (Å²) in [6, 6.07) is 2.36. The van der Waals surface area contributed by atoms with Gasteiger partial charge in [0.25, 0.3) is 0 Å². The first-order valence-corrected chi connectivity index (χ1v) is 9.58. The molecule has 0 saturated heterocycles. The summed E-state index contributed by atoms with van der Waals surface area (Å²) >= 11 is 3.86. The van der Waals surface area contributed by atoms with Gasteiger partial charge < -0.3 is 14.5 Å². The quantitative estimate of drug-likeness (QED) is 0.661. The lowest BCUT2D eigenvalue weighted by Crippen LogP contribution is -2.38. The number of hydrogen-bond acceptors (Lipinski definition) is 3. The van der Waals surface area contributed by atoms with E-state index < -0.39 is 5.60 Å². The van der Waals surface area contributed by atoms with Crippen molar-refractivity contribution < 1.29 is 9.53 Å². The minimum atomic E-state index is -0.446. The number of amides is 1. The van der Waals surface area contributed by atoms with E-state index >= 15 is 0 Å². The number of nitrogens with zero attached hydrogens (tertiary/aromatic N) is 2. The summed E-state index contributed by atoms with van der Waals surface area (Å²) in [5.41, 5.74) is 5.06. The van der Waals surface area contributed by atoms with Crippen molar-refractivity contribution in [1.82, 2.24) is 4.90 Å². The number of hydrogen-bond donors (Lipinski definition) is 0. The molecule has 1 amide bonds. The molecule has 0 spiro atoms. The number of carbonyl (C=O) groups is 1. The molecule has 2 aliphatic heterocycles. The number of ether oxygens (including phenoxy) is 1. The lowest BCUT2D eigenvalue weighted by Gasteiger charge is -2.30. The van der Waals surface area contributed by atoms with E-state index in [1.807, 2.05) is 25.7 Å². The van der Waals surface area contributed by atoms with E-state index in [0.29, 0.717) is 6.54 Å². The Morgan fingerprint density at radius 3 is 2.54 bits per heavy atom. The Labute approximate surface area is 153 Å². The summed E-state index contributed by atoms with van der Waals surface area (Å²) in [7, 11) is 2.17. The van der Waals surface area contributed by atoms with Crippen LogP contribution in [0.4, 0.5) is 10.5 Å². The Hall–Kier alpha value is -1.23. The molecule has 0 atom stereocenters. The number of carbonyl (C=O) groups excluding carboxylic acids is 1. The molecular formula is C19H27BrN2O2. The maximum absolute atomic E-state index is 12.4. The van der Waals surface area contributed by atoms with E-state index in [4.69, 9.17) is 4.74 Å². The van der Waals surface area contributed by atoms with Gasteiger partial charge in [-0.15, -0.1) is 0 Å². The fourth-order valence-electron chi connectivity index (χ4n) is 3.63. The molecule has 2 aliphatic rings. The molecule has 0 bridgehead atoms. The summed E-state index contributed by atoms with van der Waals surface area (Å²) in [6.45, 7) is 8.29. The highest BCUT2D eigenvalue weighted by atomic mass is 79.9. The van der Waals surface area contributed by atoms with Crippen LogP contribution in [0.2, 0.25) is 0 Å². The largest absolute Gasteiger partial charge is 0.444 e. The number of benzene rings is 1. The van der Waals surface area contributed by atoms with Crippen molar-refractivity contribution in [3.05, 3.63) is 27.2 Å². The third-order valence-electron chi connectivity index (χ3n) is 4.77. The molecule has 132 valence electrons. The van der Waals surface area contributed by atoms with E-state index in [2.05, 4.69) is 33.9 Å². The highest BCUT2D eigenvalue weighted by Crippen LogP contribution is 2.39. The fraction of sp³-hybridized carbons (Fsp3) is 0.632. The Kier molecular flexibility index (Phi) is 4.82. The standard InChI is InChI=1S/C19H27BrN2O2/c1-19(2,3)24-18(23)22-10-7-13-12-14-6-5-9-21(4)17(14)16(20)15(13)8-11-22/h12H,5-11H2,1-4H3. The summed E-state index contributed by atoms with van der Waals surface area (Å²) in [5.74, 6) is 0. The van der Waals surface area contributed by atoms with E-state index in [1.165, 1.54) is 33.3 Å². The molecule has 4 nitrogen and oxygen atoms in total. The van der Waals surface area contributed by atoms with Crippen LogP contribution in [0.5, 0.6) is 0 Å². The van der Waals surface area contributed by atoms with Gasteiger partial charge in [-0.05, 0) is 79.1 Å². The van der Waals surface area contributed by atoms with Gasteiger partial charge in [-0.1, -0.05) is 6.07 Å². The van der Waals surface area contributed by atoms with Crippen molar-refractivity contribution >= 4 is 27.7 Å². The van der Waals surface area contributed by atoms with Crippen LogP contribution in [0.15, 0.2) is 10.5 Å². The molecule has 5 heteroatoms. The second kappa shape index (κ2) is 6.58. The first-order valence-electron chi connectivity index (χ1n) is 8.78. The summed E-state index contributed by atoms with van der Waals surface area (Å²) in [5, 5.41) is 0. The molecule has 1 aromatic rings. The minimum Gasteiger partial charge on any atom is -0.444 e. The molecule has 0 aliphatic carbocycles. The second-order valence-corrected chi connectivity index (χ2v) is 8.62. The smallest absolute Gasteiger partial charge is 0.410 e. The zero-order valence-corrected chi connectivity index (χ0v) is 16.7. The Morgan fingerprint density at radius 1 is 1.12 bits per heavy atom. The molecular weight excluding hydrogens is 368 g/mol. The van der Waals surface area contributed by atoms with Crippen molar-refractivity contribution in [2.75, 3.05) is 31.6 Å². The van der Waals surface area contributed by atoms with Gasteiger partial charge in [0.2, 0.25) is 0 Å². The van der Waals surface area contributed by atoms with Crippen LogP contribution < -0.4 is 4.90 Å². The molecule has 24 heavy (non-hydrogen) atoms. The molecule has 0 radical (unpaired) electrons. The SMILES string of the molecule is CN1CCCc2cc3c(c(Br)c21)CCN(C(=O)OC(C)(C)C)CC3. The molecule has 1 aromatic carbocycles. The van der Waals surface area contributed by atoms with Gasteiger partial charge in [0.05, 0.1) is 5.69 Å². The van der Waals surface area contributed by atoms with Crippen LogP contribution in [0.25, 0.3) is 0 Å². The maximum Gasteiger partial charge on any atom is 0.410 e. The average Bonchev–Trinajstić information content (AvgIpc) is 2.68. The molecule has 0 saturated carbocycles. The van der Waals surface area contributed by atoms with Gasteiger partial charge in [0, 0.05) is 31.2 Å². The van der Waals surface area contributed by atoms with Gasteiger partial charge >= 0.3 is 6.09 Å². The molecule has 2 heterocycles. The Morgan fingerprint density at radius 2 is 1.83 bits per heavy atom. The van der Waals surface area contributed by atoms with Gasteiger partial charge in [-0.2, -0.15) is 0 Å². The van der Waals surface area contributed by atoms with Crippen molar-refractivity contribution in [2.45, 2.75) is 52.1 Å². The van der Waals surface area contributed by atoms with Crippen LogP contribution in [0.3, 0.4) is 0 Å². The number of rotatable bonds is 0. The van der Waals surface area contributed by atoms with E-state index in [1.54, 1.807) is 0 Å². The minimum absolute atomic E-state index is 0.201. The van der Waals surface area contributed by atoms with Gasteiger partial charge in [-0.25, -0.2) is 4.79 Å². The average molecular weight is 395 g/mol. The molecule has 0 unspecified atom stereocenters. The number of fused-ring (bicyclic) bond motifs is 2. The van der Waals surface area contributed by atoms with Crippen molar-refractivity contribution in [3.8, 4) is 0 Å².